The van der Waals surface area contributed by atoms with Crippen LogP contribution in [0.25, 0.3) is 0 Å². The lowest BCUT2D eigenvalue weighted by molar-refractivity contribution is 0.932. The number of allylic oxidation sites excluding steroid dienone is 2. The average molecular weight is 221 g/mol. The summed E-state index contributed by atoms with van der Waals surface area (Å²) in [5.41, 5.74) is 1.22. The van der Waals surface area contributed by atoms with Crippen molar-refractivity contribution in [1.29, 1.82) is 0 Å². The molecule has 0 bridgehead atoms. The molecular formula is C13H19NS. The second-order valence-electron chi connectivity index (χ2n) is 3.12. The summed E-state index contributed by atoms with van der Waals surface area (Å²) < 4.78 is 0. The molecule has 0 aliphatic carbocycles. The van der Waals surface area contributed by atoms with E-state index in [1.54, 1.807) is 0 Å². The molecule has 0 aromatic carbocycles. The molecule has 1 aliphatic heterocycles. The van der Waals surface area contributed by atoms with Crippen molar-refractivity contribution in [2.24, 2.45) is 0 Å². The van der Waals surface area contributed by atoms with Gasteiger partial charge in [-0.1, -0.05) is 32.9 Å². The molecule has 1 atom stereocenters. The van der Waals surface area contributed by atoms with Gasteiger partial charge in [0.15, 0.2) is 0 Å². The summed E-state index contributed by atoms with van der Waals surface area (Å²) in [6.07, 6.45) is 6.52. The molecular weight excluding hydrogens is 202 g/mol. The highest BCUT2D eigenvalue weighted by molar-refractivity contribution is 8.03. The van der Waals surface area contributed by atoms with Gasteiger partial charge in [-0.2, -0.15) is 0 Å². The molecule has 0 saturated carbocycles. The molecule has 0 radical (unpaired) electrons. The van der Waals surface area contributed by atoms with Gasteiger partial charge in [0.2, 0.25) is 0 Å². The summed E-state index contributed by atoms with van der Waals surface area (Å²) in [6.45, 7) is 6.21. The van der Waals surface area contributed by atoms with E-state index in [-0.39, 0.29) is 0 Å². The van der Waals surface area contributed by atoms with E-state index in [9.17, 15) is 0 Å². The number of thioether (sulfide) groups is 1. The van der Waals surface area contributed by atoms with Gasteiger partial charge in [0.05, 0.1) is 10.9 Å². The fourth-order valence-electron chi connectivity index (χ4n) is 1.49. The van der Waals surface area contributed by atoms with Gasteiger partial charge in [0, 0.05) is 6.20 Å². The van der Waals surface area contributed by atoms with Crippen LogP contribution in [-0.4, -0.2) is 4.98 Å². The Labute approximate surface area is 97.0 Å². The van der Waals surface area contributed by atoms with Gasteiger partial charge in [0.1, 0.15) is 0 Å². The first-order chi connectivity index (χ1) is 7.40. The number of nitrogens with zero attached hydrogens (tertiary/aromatic N) is 1. The number of hydrogen-bond acceptors (Lipinski definition) is 2. The smallest absolute Gasteiger partial charge is 0.0548 e. The zero-order valence-corrected chi connectivity index (χ0v) is 10.6. The molecule has 0 saturated heterocycles. The fourth-order valence-corrected chi connectivity index (χ4v) is 2.67. The highest BCUT2D eigenvalue weighted by Gasteiger charge is 2.18. The number of pyridine rings is 1. The van der Waals surface area contributed by atoms with Crippen LogP contribution in [0.3, 0.4) is 0 Å². The second-order valence-corrected chi connectivity index (χ2v) is 4.45. The van der Waals surface area contributed by atoms with Gasteiger partial charge in [-0.05, 0) is 29.9 Å². The zero-order valence-electron chi connectivity index (χ0n) is 9.73. The van der Waals surface area contributed by atoms with Crippen LogP contribution in [0.1, 0.15) is 44.6 Å². The molecule has 1 aliphatic rings. The Balaban J connectivity index is 0.000000531. The van der Waals surface area contributed by atoms with E-state index in [1.807, 2.05) is 37.9 Å². The molecule has 15 heavy (non-hydrogen) atoms. The van der Waals surface area contributed by atoms with Crippen LogP contribution in [0, 0.1) is 0 Å². The lowest BCUT2D eigenvalue weighted by atomic mass is 10.2. The maximum absolute atomic E-state index is 4.38. The van der Waals surface area contributed by atoms with Gasteiger partial charge >= 0.3 is 0 Å². The predicted molar refractivity (Wildman–Crippen MR) is 68.9 cm³/mol. The van der Waals surface area contributed by atoms with Gasteiger partial charge in [-0.25, -0.2) is 0 Å². The Morgan fingerprint density at radius 3 is 2.73 bits per heavy atom. The van der Waals surface area contributed by atoms with E-state index in [2.05, 4.69) is 30.1 Å². The molecule has 0 amide bonds. The maximum atomic E-state index is 4.38. The van der Waals surface area contributed by atoms with Crippen LogP contribution in [0.5, 0.6) is 0 Å². The minimum absolute atomic E-state index is 0.566. The van der Waals surface area contributed by atoms with Crippen LogP contribution < -0.4 is 0 Å². The van der Waals surface area contributed by atoms with Gasteiger partial charge < -0.3 is 0 Å². The minimum Gasteiger partial charge on any atom is -0.260 e. The monoisotopic (exact) mass is 221 g/mol. The first-order valence-electron chi connectivity index (χ1n) is 5.66. The van der Waals surface area contributed by atoms with Crippen molar-refractivity contribution in [3.63, 3.8) is 0 Å². The summed E-state index contributed by atoms with van der Waals surface area (Å²) in [7, 11) is 0. The Morgan fingerprint density at radius 2 is 2.20 bits per heavy atom. The number of rotatable bonds is 2. The van der Waals surface area contributed by atoms with E-state index in [4.69, 9.17) is 0 Å². The topological polar surface area (TPSA) is 12.9 Å². The van der Waals surface area contributed by atoms with Crippen LogP contribution in [0.2, 0.25) is 0 Å². The Bertz CT molecular complexity index is 306. The summed E-state index contributed by atoms with van der Waals surface area (Å²) in [4.78, 5) is 5.89. The Morgan fingerprint density at radius 1 is 1.40 bits per heavy atom. The van der Waals surface area contributed by atoms with E-state index in [1.165, 1.54) is 10.6 Å². The third-order valence-electron chi connectivity index (χ3n) is 2.22. The standard InChI is InChI=1S/C11H13NS.C2H6/c1-2-9-6-7-11(13-9)10-5-3-4-8-12-10;1-2/h3-6,8,11H,2,7H2,1H3;1-2H3. The van der Waals surface area contributed by atoms with Crippen molar-refractivity contribution in [2.75, 3.05) is 0 Å². The van der Waals surface area contributed by atoms with Crippen molar-refractivity contribution in [2.45, 2.75) is 38.9 Å². The van der Waals surface area contributed by atoms with Crippen molar-refractivity contribution < 1.29 is 0 Å². The zero-order chi connectivity index (χ0) is 11.1. The molecule has 2 heteroatoms. The van der Waals surface area contributed by atoms with Gasteiger partial charge in [-0.15, -0.1) is 11.8 Å². The summed E-state index contributed by atoms with van der Waals surface area (Å²) in [5, 5.41) is 0.566. The quantitative estimate of drug-likeness (QED) is 0.725. The molecule has 1 aromatic rings. The number of hydrogen-bond donors (Lipinski definition) is 0. The van der Waals surface area contributed by atoms with Crippen LogP contribution in [-0.2, 0) is 0 Å². The third kappa shape index (κ3) is 3.38. The fraction of sp³-hybridized carbons (Fsp3) is 0.462. The third-order valence-corrected chi connectivity index (χ3v) is 3.70. The summed E-state index contributed by atoms with van der Waals surface area (Å²) in [5.74, 6) is 0. The first-order valence-corrected chi connectivity index (χ1v) is 6.54. The molecule has 0 N–H and O–H groups in total. The van der Waals surface area contributed by atoms with Gasteiger partial charge in [-0.3, -0.25) is 4.98 Å². The SMILES string of the molecule is CC.CCC1=CCC(c2ccccn2)S1. The predicted octanol–water partition coefficient (Wildman–Crippen LogP) is 4.58. The second kappa shape index (κ2) is 6.67. The summed E-state index contributed by atoms with van der Waals surface area (Å²) >= 11 is 1.96. The lowest BCUT2D eigenvalue weighted by Gasteiger charge is -2.07. The lowest BCUT2D eigenvalue weighted by Crippen LogP contribution is -1.91. The van der Waals surface area contributed by atoms with Crippen molar-refractivity contribution in [3.05, 3.63) is 41.1 Å². The van der Waals surface area contributed by atoms with Crippen LogP contribution in [0.15, 0.2) is 35.4 Å². The highest BCUT2D eigenvalue weighted by atomic mass is 32.2. The van der Waals surface area contributed by atoms with E-state index >= 15 is 0 Å². The number of aromatic nitrogens is 1. The van der Waals surface area contributed by atoms with Gasteiger partial charge in [0.25, 0.3) is 0 Å². The van der Waals surface area contributed by atoms with Crippen molar-refractivity contribution in [3.8, 4) is 0 Å². The highest BCUT2D eigenvalue weighted by Crippen LogP contribution is 2.43. The molecule has 2 heterocycles. The van der Waals surface area contributed by atoms with Crippen LogP contribution in [0.4, 0.5) is 0 Å². The molecule has 82 valence electrons. The van der Waals surface area contributed by atoms with Crippen molar-refractivity contribution >= 4 is 11.8 Å². The average Bonchev–Trinajstić information content (AvgIpc) is 2.81. The first kappa shape index (κ1) is 12.3. The van der Waals surface area contributed by atoms with E-state index in [0.29, 0.717) is 5.25 Å². The molecule has 0 spiro atoms. The van der Waals surface area contributed by atoms with E-state index < -0.39 is 0 Å². The minimum atomic E-state index is 0.566. The molecule has 1 aromatic heterocycles. The normalized spacial score (nSPS) is 19.1. The van der Waals surface area contributed by atoms with Crippen molar-refractivity contribution in [1.82, 2.24) is 4.98 Å². The van der Waals surface area contributed by atoms with E-state index in [0.717, 1.165) is 12.8 Å². The molecule has 1 nitrogen and oxygen atoms in total. The molecule has 1 unspecified atom stereocenters. The van der Waals surface area contributed by atoms with Crippen LogP contribution >= 0.6 is 11.8 Å². The molecule has 0 fully saturated rings. The molecule has 2 rings (SSSR count). The summed E-state index contributed by atoms with van der Waals surface area (Å²) in [6, 6.07) is 6.15. The Kier molecular flexibility index (Phi) is 5.48. The Hall–Kier alpha value is -0.760. The maximum Gasteiger partial charge on any atom is 0.0548 e. The largest absolute Gasteiger partial charge is 0.260 e.